The predicted molar refractivity (Wildman–Crippen MR) is 84.7 cm³/mol. The molecule has 2 rings (SSSR count). The minimum Gasteiger partial charge on any atom is -0.378 e. The maximum Gasteiger partial charge on any atom is 0.251 e. The summed E-state index contributed by atoms with van der Waals surface area (Å²) in [5, 5.41) is 2.89. The fourth-order valence-electron chi connectivity index (χ4n) is 2.50. The number of aryl methyl sites for hydroxylation is 1. The van der Waals surface area contributed by atoms with Crippen LogP contribution in [0.15, 0.2) is 24.3 Å². The molecule has 1 unspecified atom stereocenters. The quantitative estimate of drug-likeness (QED) is 0.919. The Labute approximate surface area is 131 Å². The lowest BCUT2D eigenvalue weighted by Gasteiger charge is -2.32. The van der Waals surface area contributed by atoms with Gasteiger partial charge in [-0.05, 0) is 25.0 Å². The van der Waals surface area contributed by atoms with Crippen molar-refractivity contribution in [1.29, 1.82) is 0 Å². The van der Waals surface area contributed by atoms with E-state index in [9.17, 15) is 9.59 Å². The normalized spacial score (nSPS) is 16.5. The van der Waals surface area contributed by atoms with Gasteiger partial charge in [-0.15, -0.1) is 0 Å². The molecule has 1 saturated heterocycles. The Kier molecular flexibility index (Phi) is 5.55. The third kappa shape index (κ3) is 4.07. The van der Waals surface area contributed by atoms with E-state index in [2.05, 4.69) is 5.32 Å². The van der Waals surface area contributed by atoms with Crippen LogP contribution in [0.4, 0.5) is 0 Å². The number of hydrogen-bond donors (Lipinski definition) is 1. The van der Waals surface area contributed by atoms with Crippen LogP contribution in [-0.4, -0.2) is 49.1 Å². The molecule has 5 heteroatoms. The van der Waals surface area contributed by atoms with Gasteiger partial charge in [0.2, 0.25) is 5.91 Å². The Morgan fingerprint density at radius 2 is 1.91 bits per heavy atom. The van der Waals surface area contributed by atoms with Crippen LogP contribution in [0.25, 0.3) is 0 Å². The van der Waals surface area contributed by atoms with E-state index in [1.54, 1.807) is 11.0 Å². The second-order valence-electron chi connectivity index (χ2n) is 6.00. The molecular weight excluding hydrogens is 280 g/mol. The van der Waals surface area contributed by atoms with Crippen LogP contribution < -0.4 is 5.32 Å². The van der Waals surface area contributed by atoms with E-state index >= 15 is 0 Å². The van der Waals surface area contributed by atoms with Crippen molar-refractivity contribution in [3.8, 4) is 0 Å². The molecule has 1 aromatic rings. The molecule has 0 bridgehead atoms. The molecule has 0 aliphatic carbocycles. The van der Waals surface area contributed by atoms with Gasteiger partial charge in [0.15, 0.2) is 0 Å². The summed E-state index contributed by atoms with van der Waals surface area (Å²) in [7, 11) is 0. The van der Waals surface area contributed by atoms with Crippen molar-refractivity contribution < 1.29 is 14.3 Å². The van der Waals surface area contributed by atoms with Gasteiger partial charge in [-0.1, -0.05) is 31.5 Å². The van der Waals surface area contributed by atoms with Gasteiger partial charge in [-0.25, -0.2) is 0 Å². The van der Waals surface area contributed by atoms with Gasteiger partial charge in [0.05, 0.1) is 13.2 Å². The fourth-order valence-corrected chi connectivity index (χ4v) is 2.50. The van der Waals surface area contributed by atoms with E-state index < -0.39 is 6.04 Å². The van der Waals surface area contributed by atoms with Crippen LogP contribution in [0, 0.1) is 12.8 Å². The summed E-state index contributed by atoms with van der Waals surface area (Å²) >= 11 is 0. The van der Waals surface area contributed by atoms with Crippen LogP contribution in [-0.2, 0) is 9.53 Å². The Balaban J connectivity index is 2.08. The van der Waals surface area contributed by atoms with Gasteiger partial charge >= 0.3 is 0 Å². The summed E-state index contributed by atoms with van der Waals surface area (Å²) < 4.78 is 5.27. The molecule has 1 aliphatic rings. The second-order valence-corrected chi connectivity index (χ2v) is 6.00. The number of rotatable bonds is 4. The number of carbonyl (C=O) groups is 2. The minimum atomic E-state index is -0.508. The van der Waals surface area contributed by atoms with E-state index in [0.717, 1.165) is 5.56 Å². The van der Waals surface area contributed by atoms with Crippen LogP contribution in [0.3, 0.4) is 0 Å². The highest BCUT2D eigenvalue weighted by molar-refractivity contribution is 5.97. The molecule has 0 aromatic heterocycles. The zero-order valence-corrected chi connectivity index (χ0v) is 13.5. The third-order valence-corrected chi connectivity index (χ3v) is 3.82. The average molecular weight is 304 g/mol. The molecule has 1 fully saturated rings. The Hall–Kier alpha value is -1.88. The third-order valence-electron chi connectivity index (χ3n) is 3.82. The summed E-state index contributed by atoms with van der Waals surface area (Å²) in [5.74, 6) is -0.201. The highest BCUT2D eigenvalue weighted by atomic mass is 16.5. The summed E-state index contributed by atoms with van der Waals surface area (Å²) in [6.07, 6.45) is 0. The zero-order valence-electron chi connectivity index (χ0n) is 13.5. The number of amides is 2. The fraction of sp³-hybridized carbons (Fsp3) is 0.529. The highest BCUT2D eigenvalue weighted by Crippen LogP contribution is 2.11. The standard InChI is InChI=1S/C17H24N2O3/c1-12(2)15(17(21)19-7-9-22-10-8-19)18-16(20)14-6-4-5-13(3)11-14/h4-6,11-12,15H,7-10H2,1-3H3,(H,18,20). The smallest absolute Gasteiger partial charge is 0.251 e. The SMILES string of the molecule is Cc1cccc(C(=O)NC(C(=O)N2CCOCC2)C(C)C)c1. The Morgan fingerprint density at radius 3 is 2.50 bits per heavy atom. The van der Waals surface area contributed by atoms with E-state index in [4.69, 9.17) is 4.74 Å². The molecule has 5 nitrogen and oxygen atoms in total. The topological polar surface area (TPSA) is 58.6 Å². The number of hydrogen-bond acceptors (Lipinski definition) is 3. The number of nitrogens with zero attached hydrogens (tertiary/aromatic N) is 1. The highest BCUT2D eigenvalue weighted by Gasteiger charge is 2.29. The lowest BCUT2D eigenvalue weighted by Crippen LogP contribution is -2.53. The second kappa shape index (κ2) is 7.40. The summed E-state index contributed by atoms with van der Waals surface area (Å²) in [4.78, 5) is 26.8. The van der Waals surface area contributed by atoms with Crippen LogP contribution >= 0.6 is 0 Å². The first-order valence-electron chi connectivity index (χ1n) is 7.73. The van der Waals surface area contributed by atoms with Gasteiger partial charge in [-0.2, -0.15) is 0 Å². The van der Waals surface area contributed by atoms with Crippen molar-refractivity contribution in [2.75, 3.05) is 26.3 Å². The summed E-state index contributed by atoms with van der Waals surface area (Å²) in [6.45, 7) is 8.12. The zero-order chi connectivity index (χ0) is 16.1. The molecule has 1 aromatic carbocycles. The number of ether oxygens (including phenoxy) is 1. The van der Waals surface area contributed by atoms with Crippen molar-refractivity contribution in [1.82, 2.24) is 10.2 Å². The van der Waals surface area contributed by atoms with Gasteiger partial charge < -0.3 is 15.0 Å². The van der Waals surface area contributed by atoms with Crippen molar-refractivity contribution in [2.24, 2.45) is 5.92 Å². The lowest BCUT2D eigenvalue weighted by atomic mass is 10.0. The van der Waals surface area contributed by atoms with Crippen molar-refractivity contribution in [3.05, 3.63) is 35.4 Å². The monoisotopic (exact) mass is 304 g/mol. The first-order chi connectivity index (χ1) is 10.5. The van der Waals surface area contributed by atoms with E-state index in [-0.39, 0.29) is 17.7 Å². The maximum atomic E-state index is 12.6. The number of morpholine rings is 1. The molecule has 0 saturated carbocycles. The minimum absolute atomic E-state index is 0.0284. The van der Waals surface area contributed by atoms with Gasteiger partial charge in [0.25, 0.3) is 5.91 Å². The molecule has 1 heterocycles. The van der Waals surface area contributed by atoms with Crippen molar-refractivity contribution in [2.45, 2.75) is 26.8 Å². The first-order valence-corrected chi connectivity index (χ1v) is 7.73. The first kappa shape index (κ1) is 16.5. The molecule has 120 valence electrons. The molecule has 0 radical (unpaired) electrons. The summed E-state index contributed by atoms with van der Waals surface area (Å²) in [5.41, 5.74) is 1.61. The predicted octanol–water partition coefficient (Wildman–Crippen LogP) is 1.61. The molecule has 1 aliphatic heterocycles. The molecule has 0 spiro atoms. The largest absolute Gasteiger partial charge is 0.378 e. The molecular formula is C17H24N2O3. The van der Waals surface area contributed by atoms with Crippen LogP contribution in [0.1, 0.15) is 29.8 Å². The lowest BCUT2D eigenvalue weighted by molar-refractivity contribution is -0.138. The summed E-state index contributed by atoms with van der Waals surface area (Å²) in [6, 6.07) is 6.87. The Morgan fingerprint density at radius 1 is 1.23 bits per heavy atom. The van der Waals surface area contributed by atoms with E-state index in [1.807, 2.05) is 39.0 Å². The van der Waals surface area contributed by atoms with Gasteiger partial charge in [0, 0.05) is 18.7 Å². The van der Waals surface area contributed by atoms with Crippen LogP contribution in [0.5, 0.6) is 0 Å². The number of carbonyl (C=O) groups excluding carboxylic acids is 2. The molecule has 22 heavy (non-hydrogen) atoms. The van der Waals surface area contributed by atoms with E-state index in [0.29, 0.717) is 31.9 Å². The molecule has 1 atom stereocenters. The molecule has 1 N–H and O–H groups in total. The van der Waals surface area contributed by atoms with E-state index in [1.165, 1.54) is 0 Å². The maximum absolute atomic E-state index is 12.6. The van der Waals surface area contributed by atoms with Crippen LogP contribution in [0.2, 0.25) is 0 Å². The average Bonchev–Trinajstić information content (AvgIpc) is 2.52. The van der Waals surface area contributed by atoms with Crippen molar-refractivity contribution in [3.63, 3.8) is 0 Å². The molecule has 2 amide bonds. The van der Waals surface area contributed by atoms with Gasteiger partial charge in [-0.3, -0.25) is 9.59 Å². The van der Waals surface area contributed by atoms with Gasteiger partial charge in [0.1, 0.15) is 6.04 Å². The Bertz CT molecular complexity index is 536. The number of benzene rings is 1. The van der Waals surface area contributed by atoms with Crippen molar-refractivity contribution >= 4 is 11.8 Å². The number of nitrogens with one attached hydrogen (secondary N) is 1.